The lowest BCUT2D eigenvalue weighted by Gasteiger charge is -2.06. The zero-order valence-corrected chi connectivity index (χ0v) is 10.9. The second-order valence-corrected chi connectivity index (χ2v) is 3.54. The minimum atomic E-state index is -0.146. The van der Waals surface area contributed by atoms with Crippen LogP contribution in [0, 0.1) is 0 Å². The van der Waals surface area contributed by atoms with E-state index in [1.54, 1.807) is 7.11 Å². The van der Waals surface area contributed by atoms with Gasteiger partial charge in [-0.3, -0.25) is 4.79 Å². The molecule has 0 aliphatic rings. The lowest BCUT2D eigenvalue weighted by molar-refractivity contribution is -0.145. The second kappa shape index (κ2) is 13.4. The molecule has 0 atom stereocenters. The molecule has 0 aromatic heterocycles. The Kier molecular flexibility index (Phi) is 12.9. The van der Waals surface area contributed by atoms with E-state index in [-0.39, 0.29) is 5.97 Å². The lowest BCUT2D eigenvalue weighted by Crippen LogP contribution is -2.13. The number of carbonyl (C=O) groups excluding carboxylic acids is 1. The summed E-state index contributed by atoms with van der Waals surface area (Å²) in [5.41, 5.74) is 0. The summed E-state index contributed by atoms with van der Waals surface area (Å²) in [6.45, 7) is 5.00. The summed E-state index contributed by atoms with van der Waals surface area (Å²) in [4.78, 5) is 11.1. The van der Waals surface area contributed by atoms with Crippen LogP contribution in [0.15, 0.2) is 0 Å². The van der Waals surface area contributed by atoms with Crippen molar-refractivity contribution in [2.45, 2.75) is 26.2 Å². The maximum Gasteiger partial charge on any atom is 0.305 e. The van der Waals surface area contributed by atoms with E-state index >= 15 is 0 Å². The highest BCUT2D eigenvalue weighted by Gasteiger charge is 2.00. The summed E-state index contributed by atoms with van der Waals surface area (Å²) in [7, 11) is 1.63. The Morgan fingerprint density at radius 3 is 2.12 bits per heavy atom. The van der Waals surface area contributed by atoms with Crippen LogP contribution < -0.4 is 0 Å². The molecule has 0 N–H and O–H groups in total. The van der Waals surface area contributed by atoms with Gasteiger partial charge in [-0.25, -0.2) is 0 Å². The standard InChI is InChI=1S/C12H24O5/c1-3-4-5-12(13)17-11-10-16-9-8-15-7-6-14-2/h3-11H2,1-2H3. The number of ether oxygens (including phenoxy) is 4. The van der Waals surface area contributed by atoms with Gasteiger partial charge < -0.3 is 18.9 Å². The van der Waals surface area contributed by atoms with Gasteiger partial charge in [0.1, 0.15) is 6.61 Å². The van der Waals surface area contributed by atoms with Crippen LogP contribution in [0.4, 0.5) is 0 Å². The van der Waals surface area contributed by atoms with E-state index in [0.29, 0.717) is 46.1 Å². The smallest absolute Gasteiger partial charge is 0.305 e. The van der Waals surface area contributed by atoms with E-state index in [4.69, 9.17) is 18.9 Å². The largest absolute Gasteiger partial charge is 0.463 e. The quantitative estimate of drug-likeness (QED) is 0.386. The number of rotatable bonds is 12. The van der Waals surface area contributed by atoms with Crippen molar-refractivity contribution >= 4 is 5.97 Å². The van der Waals surface area contributed by atoms with Crippen LogP contribution in [0.1, 0.15) is 26.2 Å². The molecule has 0 aliphatic heterocycles. The van der Waals surface area contributed by atoms with Crippen molar-refractivity contribution in [1.29, 1.82) is 0 Å². The van der Waals surface area contributed by atoms with Gasteiger partial charge in [0.2, 0.25) is 0 Å². The summed E-state index contributed by atoms with van der Waals surface area (Å²) in [6.07, 6.45) is 2.38. The van der Waals surface area contributed by atoms with Crippen molar-refractivity contribution in [1.82, 2.24) is 0 Å². The average molecular weight is 248 g/mol. The number of methoxy groups -OCH3 is 1. The fourth-order valence-electron chi connectivity index (χ4n) is 1.07. The average Bonchev–Trinajstić information content (AvgIpc) is 2.34. The predicted molar refractivity (Wildman–Crippen MR) is 64.0 cm³/mol. The minimum absolute atomic E-state index is 0.146. The molecule has 0 fully saturated rings. The Morgan fingerprint density at radius 2 is 1.53 bits per heavy atom. The van der Waals surface area contributed by atoms with E-state index in [0.717, 1.165) is 12.8 Å². The van der Waals surface area contributed by atoms with Crippen molar-refractivity contribution in [3.05, 3.63) is 0 Å². The molecular weight excluding hydrogens is 224 g/mol. The molecule has 102 valence electrons. The van der Waals surface area contributed by atoms with Crippen molar-refractivity contribution in [2.24, 2.45) is 0 Å². The molecular formula is C12H24O5. The molecule has 0 aromatic rings. The summed E-state index contributed by atoms with van der Waals surface area (Å²) in [5.74, 6) is -0.146. The monoisotopic (exact) mass is 248 g/mol. The van der Waals surface area contributed by atoms with Crippen molar-refractivity contribution in [2.75, 3.05) is 46.8 Å². The molecule has 0 aliphatic carbocycles. The molecule has 0 bridgehead atoms. The zero-order valence-electron chi connectivity index (χ0n) is 10.9. The first-order valence-corrected chi connectivity index (χ1v) is 6.11. The molecule has 5 nitrogen and oxygen atoms in total. The molecule has 0 spiro atoms. The molecule has 0 radical (unpaired) electrons. The normalized spacial score (nSPS) is 10.5. The molecule has 5 heteroatoms. The zero-order chi connectivity index (χ0) is 12.8. The number of carbonyl (C=O) groups is 1. The SMILES string of the molecule is CCCCC(=O)OCCOCCOCCOC. The van der Waals surface area contributed by atoms with E-state index in [9.17, 15) is 4.79 Å². The fraction of sp³-hybridized carbons (Fsp3) is 0.917. The Morgan fingerprint density at radius 1 is 0.941 bits per heavy atom. The first-order valence-electron chi connectivity index (χ1n) is 6.11. The van der Waals surface area contributed by atoms with Gasteiger partial charge in [-0.2, -0.15) is 0 Å². The van der Waals surface area contributed by atoms with Gasteiger partial charge in [0, 0.05) is 13.5 Å². The highest BCUT2D eigenvalue weighted by atomic mass is 16.6. The van der Waals surface area contributed by atoms with Gasteiger partial charge >= 0.3 is 5.97 Å². The van der Waals surface area contributed by atoms with E-state index in [1.165, 1.54) is 0 Å². The van der Waals surface area contributed by atoms with Gasteiger partial charge in [0.25, 0.3) is 0 Å². The van der Waals surface area contributed by atoms with Gasteiger partial charge in [0.15, 0.2) is 0 Å². The van der Waals surface area contributed by atoms with E-state index < -0.39 is 0 Å². The summed E-state index contributed by atoms with van der Waals surface area (Å²) in [6, 6.07) is 0. The highest BCUT2D eigenvalue weighted by Crippen LogP contribution is 1.96. The maximum atomic E-state index is 11.1. The van der Waals surface area contributed by atoms with Crippen LogP contribution >= 0.6 is 0 Å². The molecule has 0 unspecified atom stereocenters. The van der Waals surface area contributed by atoms with Crippen LogP contribution in [0.2, 0.25) is 0 Å². The van der Waals surface area contributed by atoms with Crippen molar-refractivity contribution in [3.8, 4) is 0 Å². The van der Waals surface area contributed by atoms with Gasteiger partial charge in [-0.05, 0) is 6.42 Å². The van der Waals surface area contributed by atoms with E-state index in [1.807, 2.05) is 6.92 Å². The third-order valence-corrected chi connectivity index (χ3v) is 2.03. The Balaban J connectivity index is 3.05. The van der Waals surface area contributed by atoms with Crippen LogP contribution in [0.5, 0.6) is 0 Å². The molecule has 17 heavy (non-hydrogen) atoms. The van der Waals surface area contributed by atoms with Crippen LogP contribution in [0.25, 0.3) is 0 Å². The summed E-state index contributed by atoms with van der Waals surface area (Å²) < 4.78 is 20.2. The molecule has 0 rings (SSSR count). The topological polar surface area (TPSA) is 54.0 Å². The van der Waals surface area contributed by atoms with Crippen LogP contribution in [-0.2, 0) is 23.7 Å². The van der Waals surface area contributed by atoms with Gasteiger partial charge in [-0.15, -0.1) is 0 Å². The van der Waals surface area contributed by atoms with Gasteiger partial charge in [0.05, 0.1) is 33.0 Å². The molecule has 0 aromatic carbocycles. The second-order valence-electron chi connectivity index (χ2n) is 3.54. The van der Waals surface area contributed by atoms with Crippen molar-refractivity contribution < 1.29 is 23.7 Å². The third-order valence-electron chi connectivity index (χ3n) is 2.03. The Labute approximate surface area is 103 Å². The first kappa shape index (κ1) is 16.4. The van der Waals surface area contributed by atoms with Crippen molar-refractivity contribution in [3.63, 3.8) is 0 Å². The number of hydrogen-bond acceptors (Lipinski definition) is 5. The number of unbranched alkanes of at least 4 members (excludes halogenated alkanes) is 1. The first-order chi connectivity index (χ1) is 8.31. The fourth-order valence-corrected chi connectivity index (χ4v) is 1.07. The maximum absolute atomic E-state index is 11.1. The van der Waals surface area contributed by atoms with Crippen LogP contribution in [-0.4, -0.2) is 52.7 Å². The Hall–Kier alpha value is -0.650. The third kappa shape index (κ3) is 13.3. The number of esters is 1. The van der Waals surface area contributed by atoms with Gasteiger partial charge in [-0.1, -0.05) is 13.3 Å². The Bertz CT molecular complexity index is 172. The molecule has 0 amide bonds. The van der Waals surface area contributed by atoms with E-state index in [2.05, 4.69) is 0 Å². The lowest BCUT2D eigenvalue weighted by atomic mass is 10.2. The molecule has 0 saturated heterocycles. The van der Waals surface area contributed by atoms with Crippen LogP contribution in [0.3, 0.4) is 0 Å². The predicted octanol–water partition coefficient (Wildman–Crippen LogP) is 1.40. The number of hydrogen-bond donors (Lipinski definition) is 0. The molecule has 0 saturated carbocycles. The molecule has 0 heterocycles. The highest BCUT2D eigenvalue weighted by molar-refractivity contribution is 5.69. The summed E-state index contributed by atoms with van der Waals surface area (Å²) in [5, 5.41) is 0. The minimum Gasteiger partial charge on any atom is -0.463 e. The summed E-state index contributed by atoms with van der Waals surface area (Å²) >= 11 is 0.